The Morgan fingerprint density at radius 3 is 1.88 bits per heavy atom. The zero-order valence-electron chi connectivity index (χ0n) is 35.0. The summed E-state index contributed by atoms with van der Waals surface area (Å²) in [4.78, 5) is 69.6. The minimum Gasteiger partial charge on any atom is -0.462 e. The van der Waals surface area contributed by atoms with Gasteiger partial charge in [0.15, 0.2) is 24.5 Å². The Kier molecular flexibility index (Phi) is 16.1. The molecule has 0 radical (unpaired) electrons. The number of esters is 4. The number of carbonyl (C=O) groups is 5. The molecular weight excluding hydrogens is 749 g/mol. The molecule has 14 heteroatoms. The predicted molar refractivity (Wildman–Crippen MR) is 207 cm³/mol. The van der Waals surface area contributed by atoms with Crippen molar-refractivity contribution < 1.29 is 57.2 Å². The van der Waals surface area contributed by atoms with Crippen LogP contribution in [-0.4, -0.2) is 90.1 Å². The van der Waals surface area contributed by atoms with Crippen LogP contribution >= 0.6 is 11.6 Å². The van der Waals surface area contributed by atoms with Crippen LogP contribution in [0.3, 0.4) is 0 Å². The summed E-state index contributed by atoms with van der Waals surface area (Å²) in [6, 6.07) is 3.16. The van der Waals surface area contributed by atoms with E-state index in [-0.39, 0.29) is 42.4 Å². The van der Waals surface area contributed by atoms with Gasteiger partial charge >= 0.3 is 23.9 Å². The molecule has 56 heavy (non-hydrogen) atoms. The van der Waals surface area contributed by atoms with Crippen molar-refractivity contribution in [2.45, 2.75) is 158 Å². The highest BCUT2D eigenvalue weighted by molar-refractivity contribution is 6.31. The standard InChI is InChI=1S/C42H63ClFNO11/c1-39(2,3)35(48)54-31-29(24-52-38(51)42(10,11)20-14-12-13-15-22-46)53-34(33(56-37(50)41(7,8)9)32(31)55-36(49)40(4,5)6)45-21-19-25(47)23-28(45)30-26(43)17-16-18-27(30)44/h16-18,28-29,31-34,46H,12-15,19-24H2,1-11H3/t28-,29+,31-,32-,33+,34+/m0/s1. The Morgan fingerprint density at radius 1 is 0.804 bits per heavy atom. The summed E-state index contributed by atoms with van der Waals surface area (Å²) in [6.07, 6.45) is -3.73. The molecule has 2 saturated heterocycles. The maximum Gasteiger partial charge on any atom is 0.311 e. The summed E-state index contributed by atoms with van der Waals surface area (Å²) in [7, 11) is 0. The number of nitrogens with zero attached hydrogens (tertiary/aromatic N) is 1. The molecular formula is C42H63ClFNO11. The topological polar surface area (TPSA) is 155 Å². The molecule has 1 aromatic carbocycles. The maximum absolute atomic E-state index is 15.7. The fourth-order valence-corrected chi connectivity index (χ4v) is 6.62. The number of benzene rings is 1. The van der Waals surface area contributed by atoms with Crippen molar-refractivity contribution >= 4 is 41.3 Å². The second kappa shape index (κ2) is 19.1. The highest BCUT2D eigenvalue weighted by atomic mass is 35.5. The fraction of sp³-hybridized carbons (Fsp3) is 0.738. The lowest BCUT2D eigenvalue weighted by Gasteiger charge is -2.51. The van der Waals surface area contributed by atoms with E-state index in [4.69, 9.17) is 40.4 Å². The Bertz CT molecular complexity index is 1540. The van der Waals surface area contributed by atoms with Crippen LogP contribution < -0.4 is 0 Å². The van der Waals surface area contributed by atoms with Gasteiger partial charge in [-0.05, 0) is 101 Å². The molecule has 2 aliphatic rings. The van der Waals surface area contributed by atoms with Gasteiger partial charge in [0.2, 0.25) is 0 Å². The van der Waals surface area contributed by atoms with E-state index in [0.29, 0.717) is 12.8 Å². The summed E-state index contributed by atoms with van der Waals surface area (Å²) < 4.78 is 46.8. The molecule has 12 nitrogen and oxygen atoms in total. The van der Waals surface area contributed by atoms with E-state index in [1.54, 1.807) is 81.1 Å². The number of aliphatic hydroxyl groups is 1. The quantitative estimate of drug-likeness (QED) is 0.114. The van der Waals surface area contributed by atoms with Gasteiger partial charge in [-0.25, -0.2) is 4.39 Å². The molecule has 316 valence electrons. The molecule has 3 rings (SSSR count). The van der Waals surface area contributed by atoms with Gasteiger partial charge < -0.3 is 28.8 Å². The molecule has 2 aliphatic heterocycles. The molecule has 1 N–H and O–H groups in total. The van der Waals surface area contributed by atoms with Gasteiger partial charge in [0, 0.05) is 42.6 Å². The number of halogens is 2. The molecule has 6 atom stereocenters. The number of likely N-dealkylation sites (tertiary alicyclic amines) is 1. The molecule has 0 bridgehead atoms. The highest BCUT2D eigenvalue weighted by Crippen LogP contribution is 2.42. The van der Waals surface area contributed by atoms with Crippen LogP contribution in [0, 0.1) is 27.5 Å². The largest absolute Gasteiger partial charge is 0.462 e. The molecule has 0 aliphatic carbocycles. The number of aliphatic hydroxyl groups excluding tert-OH is 1. The average Bonchev–Trinajstić information content (AvgIpc) is 3.07. The molecule has 1 aromatic rings. The van der Waals surface area contributed by atoms with Gasteiger partial charge in [0.1, 0.15) is 24.3 Å². The van der Waals surface area contributed by atoms with Crippen molar-refractivity contribution in [3.05, 3.63) is 34.6 Å². The van der Waals surface area contributed by atoms with E-state index in [0.717, 1.165) is 19.3 Å². The van der Waals surface area contributed by atoms with Crippen LogP contribution in [0.4, 0.5) is 4.39 Å². The van der Waals surface area contributed by atoms with Crippen molar-refractivity contribution in [3.63, 3.8) is 0 Å². The van der Waals surface area contributed by atoms with Gasteiger partial charge in [0.05, 0.1) is 21.7 Å². The summed E-state index contributed by atoms with van der Waals surface area (Å²) in [5.74, 6) is -3.49. The molecule has 0 unspecified atom stereocenters. The summed E-state index contributed by atoms with van der Waals surface area (Å²) >= 11 is 6.58. The Labute approximate surface area is 336 Å². The van der Waals surface area contributed by atoms with Crippen molar-refractivity contribution in [2.24, 2.45) is 21.7 Å². The first-order valence-corrected chi connectivity index (χ1v) is 20.0. The van der Waals surface area contributed by atoms with Gasteiger partial charge in [-0.15, -0.1) is 0 Å². The second-order valence-electron chi connectivity index (χ2n) is 18.7. The number of piperidine rings is 1. The summed E-state index contributed by atoms with van der Waals surface area (Å²) in [5, 5.41) is 9.19. The molecule has 0 amide bonds. The third-order valence-electron chi connectivity index (χ3n) is 9.95. The first-order chi connectivity index (χ1) is 25.8. The zero-order chi connectivity index (χ0) is 42.4. The van der Waals surface area contributed by atoms with E-state index in [2.05, 4.69) is 0 Å². The van der Waals surface area contributed by atoms with Crippen LogP contribution in [0.1, 0.15) is 133 Å². The Balaban J connectivity index is 2.22. The van der Waals surface area contributed by atoms with Crippen molar-refractivity contribution in [1.82, 2.24) is 4.90 Å². The van der Waals surface area contributed by atoms with E-state index in [9.17, 15) is 24.0 Å². The van der Waals surface area contributed by atoms with Crippen molar-refractivity contribution in [3.8, 4) is 0 Å². The van der Waals surface area contributed by atoms with Crippen molar-refractivity contribution in [1.29, 1.82) is 0 Å². The third kappa shape index (κ3) is 12.4. The lowest BCUT2D eigenvalue weighted by molar-refractivity contribution is -0.289. The number of hydrogen-bond donors (Lipinski definition) is 1. The number of ketones is 1. The maximum atomic E-state index is 15.7. The lowest BCUT2D eigenvalue weighted by Crippen LogP contribution is -2.68. The van der Waals surface area contributed by atoms with Gasteiger partial charge in [-0.2, -0.15) is 0 Å². The Hall–Kier alpha value is -3.13. The molecule has 0 saturated carbocycles. The first-order valence-electron chi connectivity index (χ1n) is 19.6. The number of hydrogen-bond acceptors (Lipinski definition) is 12. The highest BCUT2D eigenvalue weighted by Gasteiger charge is 2.57. The molecule has 2 heterocycles. The number of ether oxygens (including phenoxy) is 5. The zero-order valence-corrected chi connectivity index (χ0v) is 35.8. The molecule has 0 spiro atoms. The first kappa shape index (κ1) is 47.2. The van der Waals surface area contributed by atoms with Gasteiger partial charge in [-0.1, -0.05) is 36.9 Å². The van der Waals surface area contributed by atoms with Crippen LogP contribution in [0.25, 0.3) is 0 Å². The average molecular weight is 812 g/mol. The van der Waals surface area contributed by atoms with Gasteiger partial charge in [0.25, 0.3) is 0 Å². The van der Waals surface area contributed by atoms with E-state index in [1.165, 1.54) is 18.2 Å². The number of carbonyl (C=O) groups excluding carboxylic acids is 5. The summed E-state index contributed by atoms with van der Waals surface area (Å²) in [5.41, 5.74) is -4.09. The van der Waals surface area contributed by atoms with Crippen LogP contribution in [0.5, 0.6) is 0 Å². The SMILES string of the molecule is CC(C)(C)C(=O)O[C@@H]1[C@@H](OC(=O)C(C)(C)C)[C@H](N2CCC(=O)C[C@H]2c2c(F)cccc2Cl)O[C@H](COC(=O)C(C)(C)CCCCCCO)[C@@H]1OC(=O)C(C)(C)C. The smallest absolute Gasteiger partial charge is 0.311 e. The number of rotatable bonds is 14. The molecule has 0 aromatic heterocycles. The van der Waals surface area contributed by atoms with E-state index < -0.39 is 94.6 Å². The monoisotopic (exact) mass is 811 g/mol. The minimum absolute atomic E-state index is 0.00456. The van der Waals surface area contributed by atoms with Crippen molar-refractivity contribution in [2.75, 3.05) is 19.8 Å². The summed E-state index contributed by atoms with van der Waals surface area (Å²) in [6.45, 7) is 17.9. The lowest BCUT2D eigenvalue weighted by atomic mass is 9.87. The van der Waals surface area contributed by atoms with Crippen LogP contribution in [0.2, 0.25) is 5.02 Å². The molecule has 2 fully saturated rings. The van der Waals surface area contributed by atoms with E-state index >= 15 is 4.39 Å². The van der Waals surface area contributed by atoms with Gasteiger partial charge in [-0.3, -0.25) is 28.9 Å². The van der Waals surface area contributed by atoms with Crippen LogP contribution in [-0.2, 0) is 47.7 Å². The predicted octanol–water partition coefficient (Wildman–Crippen LogP) is 7.30. The van der Waals surface area contributed by atoms with Crippen LogP contribution in [0.15, 0.2) is 18.2 Å². The third-order valence-corrected chi connectivity index (χ3v) is 10.3. The van der Waals surface area contributed by atoms with E-state index in [1.807, 2.05) is 0 Å². The fourth-order valence-electron chi connectivity index (χ4n) is 6.33. The normalized spacial score (nSPS) is 24.0. The minimum atomic E-state index is -1.52. The number of Topliss-reactive ketones (excluding diaryl/α,β-unsaturated/α-hetero) is 1. The second-order valence-corrected chi connectivity index (χ2v) is 19.1. The Morgan fingerprint density at radius 2 is 1.34 bits per heavy atom. The number of unbranched alkanes of at least 4 members (excludes halogenated alkanes) is 3.